The molecule has 284 valence electrons. The standard InChI is InChI=1S/C39H44N6O8S/c1-42-36(32(19-40-42)39(47)45-28-21-52-23-34(45)53-22-28)27-16-26-17-29(50-2)9-11-30(26)37-35(24-6-4-3-5-7-24)31-10-8-25(18-33(31)44(37)20-27)38(46)41-54(48,49)43-12-14-51-15-13-43/h8-11,16-19,24,28,34H,3-7,12-15,20-23H2,1-2H3,(H,41,46). The van der Waals surface area contributed by atoms with Crippen LogP contribution in [0.2, 0.25) is 0 Å². The number of rotatable bonds is 7. The fraction of sp³-hybridized carbons (Fsp3) is 0.462. The van der Waals surface area contributed by atoms with Crippen molar-refractivity contribution >= 4 is 44.6 Å². The average molecular weight is 757 g/mol. The Balaban J connectivity index is 1.20. The zero-order chi connectivity index (χ0) is 37.1. The van der Waals surface area contributed by atoms with Gasteiger partial charge in [0.2, 0.25) is 0 Å². The number of allylic oxidation sites excluding steroid dienone is 1. The van der Waals surface area contributed by atoms with Gasteiger partial charge in [0.1, 0.15) is 5.75 Å². The Morgan fingerprint density at radius 1 is 0.963 bits per heavy atom. The third-order valence-corrected chi connectivity index (χ3v) is 13.0. The molecule has 4 aliphatic heterocycles. The molecule has 5 aliphatic rings. The molecule has 9 rings (SSSR count). The van der Waals surface area contributed by atoms with Crippen LogP contribution >= 0.6 is 0 Å². The number of aryl methyl sites for hydroxylation is 1. The van der Waals surface area contributed by atoms with Crippen molar-refractivity contribution in [1.29, 1.82) is 0 Å². The van der Waals surface area contributed by atoms with Gasteiger partial charge in [-0.3, -0.25) is 14.3 Å². The first-order valence-corrected chi connectivity index (χ1v) is 20.2. The van der Waals surface area contributed by atoms with Crippen molar-refractivity contribution in [1.82, 2.24) is 28.3 Å². The summed E-state index contributed by atoms with van der Waals surface area (Å²) in [6, 6.07) is 11.4. The number of benzene rings is 2. The van der Waals surface area contributed by atoms with Crippen molar-refractivity contribution in [2.75, 3.05) is 53.2 Å². The summed E-state index contributed by atoms with van der Waals surface area (Å²) in [6.45, 7) is 2.42. The molecule has 2 unspecified atom stereocenters. The quantitative estimate of drug-likeness (QED) is 0.294. The number of amides is 2. The van der Waals surface area contributed by atoms with Crippen molar-refractivity contribution in [2.24, 2.45) is 7.05 Å². The SMILES string of the molecule is COc1ccc2c(c1)C=C(c1c(C(=O)N3C4COCC3OC4)cnn1C)Cn1c-2c(C2CCCCC2)c2ccc(C(=O)NS(=O)(=O)N3CCOCC3)cc21. The normalized spacial score (nSPS) is 22.0. The number of hydrogen-bond donors (Lipinski definition) is 1. The van der Waals surface area contributed by atoms with E-state index in [0.29, 0.717) is 49.3 Å². The average Bonchev–Trinajstić information content (AvgIpc) is 3.77. The minimum absolute atomic E-state index is 0.161. The Kier molecular flexibility index (Phi) is 9.09. The predicted octanol–water partition coefficient (Wildman–Crippen LogP) is 4.16. The third-order valence-electron chi connectivity index (χ3n) is 11.5. The number of hydrogen-bond acceptors (Lipinski definition) is 9. The van der Waals surface area contributed by atoms with Crippen molar-refractivity contribution in [3.8, 4) is 17.0 Å². The first-order chi connectivity index (χ1) is 26.2. The molecular weight excluding hydrogens is 713 g/mol. The summed E-state index contributed by atoms with van der Waals surface area (Å²) >= 11 is 0. The van der Waals surface area contributed by atoms with Gasteiger partial charge < -0.3 is 28.4 Å². The van der Waals surface area contributed by atoms with E-state index < -0.39 is 22.3 Å². The van der Waals surface area contributed by atoms with Crippen LogP contribution in [-0.2, 0) is 38.0 Å². The lowest BCUT2D eigenvalue weighted by Gasteiger charge is -2.32. The number of nitrogens with one attached hydrogen (secondary N) is 1. The maximum absolute atomic E-state index is 14.4. The lowest BCUT2D eigenvalue weighted by molar-refractivity contribution is -0.0584. The molecule has 6 heterocycles. The number of carbonyl (C=O) groups excluding carboxylic acids is 2. The second-order valence-corrected chi connectivity index (χ2v) is 16.4. The lowest BCUT2D eigenvalue weighted by Crippen LogP contribution is -2.50. The Morgan fingerprint density at radius 3 is 2.56 bits per heavy atom. The van der Waals surface area contributed by atoms with Gasteiger partial charge in [-0.15, -0.1) is 0 Å². The lowest BCUT2D eigenvalue weighted by atomic mass is 9.81. The highest BCUT2D eigenvalue weighted by Crippen LogP contribution is 2.48. The summed E-state index contributed by atoms with van der Waals surface area (Å²) in [5, 5.41) is 5.63. The monoisotopic (exact) mass is 756 g/mol. The number of ether oxygens (including phenoxy) is 4. The number of aromatic nitrogens is 3. The Hall–Kier alpha value is -4.54. The topological polar surface area (TPSA) is 146 Å². The molecule has 14 nitrogen and oxygen atoms in total. The van der Waals surface area contributed by atoms with Gasteiger partial charge in [0.05, 0.1) is 75.9 Å². The third kappa shape index (κ3) is 6.02. The summed E-state index contributed by atoms with van der Waals surface area (Å²) in [5.41, 5.74) is 7.27. The highest BCUT2D eigenvalue weighted by molar-refractivity contribution is 7.87. The first-order valence-electron chi connectivity index (χ1n) is 18.7. The molecule has 2 aromatic carbocycles. The summed E-state index contributed by atoms with van der Waals surface area (Å²) in [6.07, 6.45) is 8.83. The molecule has 0 radical (unpaired) electrons. The van der Waals surface area contributed by atoms with Crippen molar-refractivity contribution in [3.05, 3.63) is 70.5 Å². The van der Waals surface area contributed by atoms with Gasteiger partial charge in [0.15, 0.2) is 6.23 Å². The van der Waals surface area contributed by atoms with Gasteiger partial charge in [0, 0.05) is 42.2 Å². The number of methoxy groups -OCH3 is 1. The Labute approximate surface area is 313 Å². The van der Waals surface area contributed by atoms with E-state index >= 15 is 0 Å². The molecule has 1 N–H and O–H groups in total. The van der Waals surface area contributed by atoms with E-state index in [4.69, 9.17) is 18.9 Å². The second-order valence-electron chi connectivity index (χ2n) is 14.7. The largest absolute Gasteiger partial charge is 0.497 e. The van der Waals surface area contributed by atoms with Gasteiger partial charge in [-0.1, -0.05) is 25.3 Å². The van der Waals surface area contributed by atoms with Crippen LogP contribution in [0.4, 0.5) is 0 Å². The van der Waals surface area contributed by atoms with Gasteiger partial charge in [-0.2, -0.15) is 17.8 Å². The molecule has 2 bridgehead atoms. The highest BCUT2D eigenvalue weighted by Gasteiger charge is 2.43. The maximum Gasteiger partial charge on any atom is 0.304 e. The number of carbonyl (C=O) groups is 2. The van der Waals surface area contributed by atoms with E-state index in [-0.39, 0.29) is 43.8 Å². The highest BCUT2D eigenvalue weighted by atomic mass is 32.2. The molecule has 1 saturated carbocycles. The van der Waals surface area contributed by atoms with Gasteiger partial charge in [-0.05, 0) is 71.9 Å². The van der Waals surface area contributed by atoms with Crippen LogP contribution in [0.15, 0.2) is 42.6 Å². The smallest absolute Gasteiger partial charge is 0.304 e. The van der Waals surface area contributed by atoms with E-state index in [9.17, 15) is 18.0 Å². The number of nitrogens with zero attached hydrogens (tertiary/aromatic N) is 5. The van der Waals surface area contributed by atoms with E-state index in [1.807, 2.05) is 25.2 Å². The van der Waals surface area contributed by atoms with E-state index in [0.717, 1.165) is 59.0 Å². The molecule has 2 aromatic heterocycles. The minimum Gasteiger partial charge on any atom is -0.497 e. The molecule has 1 aliphatic carbocycles. The van der Waals surface area contributed by atoms with Crippen molar-refractivity contribution < 1.29 is 37.0 Å². The summed E-state index contributed by atoms with van der Waals surface area (Å²) in [4.78, 5) is 29.9. The zero-order valence-corrected chi connectivity index (χ0v) is 31.3. The molecule has 4 aromatic rings. The van der Waals surface area contributed by atoms with Crippen LogP contribution < -0.4 is 9.46 Å². The summed E-state index contributed by atoms with van der Waals surface area (Å²) in [7, 11) is -0.581. The molecule has 2 amide bonds. The molecule has 54 heavy (non-hydrogen) atoms. The molecular formula is C39H44N6O8S. The fourth-order valence-corrected chi connectivity index (χ4v) is 10.1. The molecule has 2 atom stereocenters. The second kappa shape index (κ2) is 13.9. The zero-order valence-electron chi connectivity index (χ0n) is 30.5. The Morgan fingerprint density at radius 2 is 1.78 bits per heavy atom. The van der Waals surface area contributed by atoms with Crippen LogP contribution in [0.25, 0.3) is 33.8 Å². The van der Waals surface area contributed by atoms with Crippen LogP contribution in [0, 0.1) is 0 Å². The Bertz CT molecular complexity index is 2270. The van der Waals surface area contributed by atoms with Crippen LogP contribution in [-0.4, -0.2) is 109 Å². The molecule has 4 fully saturated rings. The first kappa shape index (κ1) is 35.2. The fourth-order valence-electron chi connectivity index (χ4n) is 8.94. The minimum atomic E-state index is -4.07. The molecule has 3 saturated heterocycles. The summed E-state index contributed by atoms with van der Waals surface area (Å²) in [5.74, 6) is 0.137. The van der Waals surface area contributed by atoms with Gasteiger partial charge in [0.25, 0.3) is 11.8 Å². The number of fused-ring (bicyclic) bond motifs is 7. The summed E-state index contributed by atoms with van der Waals surface area (Å²) < 4.78 is 56.6. The molecule has 15 heteroatoms. The van der Waals surface area contributed by atoms with Crippen molar-refractivity contribution in [2.45, 2.75) is 56.8 Å². The maximum atomic E-state index is 14.4. The van der Waals surface area contributed by atoms with Gasteiger partial charge in [-0.25, -0.2) is 4.72 Å². The van der Waals surface area contributed by atoms with Crippen LogP contribution in [0.3, 0.4) is 0 Å². The van der Waals surface area contributed by atoms with Crippen molar-refractivity contribution in [3.63, 3.8) is 0 Å². The van der Waals surface area contributed by atoms with Gasteiger partial charge >= 0.3 is 10.2 Å². The van der Waals surface area contributed by atoms with Crippen LogP contribution in [0.1, 0.15) is 75.6 Å². The predicted molar refractivity (Wildman–Crippen MR) is 200 cm³/mol. The van der Waals surface area contributed by atoms with E-state index in [1.54, 1.807) is 35.0 Å². The van der Waals surface area contributed by atoms with E-state index in [1.165, 1.54) is 16.3 Å². The molecule has 0 spiro atoms. The van der Waals surface area contributed by atoms with E-state index in [2.05, 4.69) is 26.5 Å². The number of morpholine rings is 2. The van der Waals surface area contributed by atoms with Crippen LogP contribution in [0.5, 0.6) is 5.75 Å².